The monoisotopic (exact) mass is 554 g/mol. The maximum atomic E-state index is 12.9. The average Bonchev–Trinajstić information content (AvgIpc) is 2.89. The van der Waals surface area contributed by atoms with Crippen molar-refractivity contribution in [3.05, 3.63) is 118 Å². The van der Waals surface area contributed by atoms with E-state index in [-0.39, 0.29) is 32.7 Å². The van der Waals surface area contributed by atoms with Gasteiger partial charge < -0.3 is 10.1 Å². The van der Waals surface area contributed by atoms with Gasteiger partial charge in [-0.15, -0.1) is 0 Å². The second-order valence-corrected chi connectivity index (χ2v) is 10.3. The number of carbonyl (C=O) groups excluding carboxylic acids is 2. The topological polar surface area (TPSA) is 102 Å². The van der Waals surface area contributed by atoms with E-state index in [9.17, 15) is 18.0 Å². The molecule has 188 valence electrons. The first-order chi connectivity index (χ1) is 17.7. The lowest BCUT2D eigenvalue weighted by atomic mass is 10.0. The van der Waals surface area contributed by atoms with Crippen molar-refractivity contribution >= 4 is 56.3 Å². The first-order valence-electron chi connectivity index (χ1n) is 10.9. The van der Waals surface area contributed by atoms with Crippen molar-refractivity contribution in [1.29, 1.82) is 0 Å². The molecular weight excluding hydrogens is 535 g/mol. The predicted molar refractivity (Wildman–Crippen MR) is 144 cm³/mol. The minimum absolute atomic E-state index is 0.00942. The summed E-state index contributed by atoms with van der Waals surface area (Å²) in [7, 11) is -3.88. The van der Waals surface area contributed by atoms with Crippen molar-refractivity contribution in [2.45, 2.75) is 4.90 Å². The number of anilines is 2. The van der Waals surface area contributed by atoms with Gasteiger partial charge in [0.25, 0.3) is 15.9 Å². The molecule has 4 aromatic carbocycles. The van der Waals surface area contributed by atoms with Crippen LogP contribution in [0.4, 0.5) is 11.4 Å². The summed E-state index contributed by atoms with van der Waals surface area (Å²) in [5, 5.41) is 3.00. The SMILES string of the molecule is O=C(COc1ccc(S(=O)(=O)Nc2ccccc2)cc1Cl)Nc1ccc(Cl)cc1C(=O)c1ccccc1. The third-order valence-electron chi connectivity index (χ3n) is 5.13. The summed E-state index contributed by atoms with van der Waals surface area (Å²) < 4.78 is 33.2. The van der Waals surface area contributed by atoms with Gasteiger partial charge in [-0.05, 0) is 48.5 Å². The number of ether oxygens (including phenoxy) is 1. The molecule has 7 nitrogen and oxygen atoms in total. The van der Waals surface area contributed by atoms with Gasteiger partial charge >= 0.3 is 0 Å². The van der Waals surface area contributed by atoms with E-state index >= 15 is 0 Å². The summed E-state index contributed by atoms with van der Waals surface area (Å²) >= 11 is 12.3. The Bertz CT molecular complexity index is 1550. The molecule has 0 heterocycles. The van der Waals surface area contributed by atoms with Gasteiger partial charge in [-0.2, -0.15) is 0 Å². The minimum atomic E-state index is -3.88. The van der Waals surface area contributed by atoms with Crippen molar-refractivity contribution in [2.24, 2.45) is 0 Å². The van der Waals surface area contributed by atoms with Crippen LogP contribution >= 0.6 is 23.2 Å². The van der Waals surface area contributed by atoms with Gasteiger partial charge in [0.15, 0.2) is 12.4 Å². The molecule has 1 amide bonds. The number of amides is 1. The molecular formula is C27H20Cl2N2O5S. The highest BCUT2D eigenvalue weighted by Crippen LogP contribution is 2.29. The summed E-state index contributed by atoms with van der Waals surface area (Å²) in [5.74, 6) is -0.738. The lowest BCUT2D eigenvalue weighted by molar-refractivity contribution is -0.118. The molecule has 0 saturated carbocycles. The Kier molecular flexibility index (Phi) is 8.13. The largest absolute Gasteiger partial charge is 0.482 e. The fourth-order valence-corrected chi connectivity index (χ4v) is 4.93. The summed E-state index contributed by atoms with van der Waals surface area (Å²) in [5.41, 5.74) is 1.35. The molecule has 0 aliphatic heterocycles. The van der Waals surface area contributed by atoms with Crippen molar-refractivity contribution in [2.75, 3.05) is 16.6 Å². The molecule has 0 aliphatic rings. The molecule has 0 spiro atoms. The van der Waals surface area contributed by atoms with Crippen LogP contribution in [-0.4, -0.2) is 26.7 Å². The van der Waals surface area contributed by atoms with Crippen molar-refractivity contribution in [3.63, 3.8) is 0 Å². The number of hydrogen-bond donors (Lipinski definition) is 2. The molecule has 4 aromatic rings. The lowest BCUT2D eigenvalue weighted by Gasteiger charge is -2.13. The predicted octanol–water partition coefficient (Wildman–Crippen LogP) is 6.04. The quantitative estimate of drug-likeness (QED) is 0.245. The highest BCUT2D eigenvalue weighted by Gasteiger charge is 2.18. The van der Waals surface area contributed by atoms with Gasteiger partial charge in [-0.1, -0.05) is 71.7 Å². The van der Waals surface area contributed by atoms with Crippen LogP contribution in [-0.2, 0) is 14.8 Å². The Hall–Kier alpha value is -3.85. The highest BCUT2D eigenvalue weighted by molar-refractivity contribution is 7.92. The van der Waals surface area contributed by atoms with E-state index in [0.29, 0.717) is 16.3 Å². The van der Waals surface area contributed by atoms with E-state index in [4.69, 9.17) is 27.9 Å². The maximum absolute atomic E-state index is 12.9. The normalized spacial score (nSPS) is 11.0. The maximum Gasteiger partial charge on any atom is 0.262 e. The number of sulfonamides is 1. The number of rotatable bonds is 9. The number of ketones is 1. The van der Waals surface area contributed by atoms with Crippen LogP contribution in [0.2, 0.25) is 10.0 Å². The average molecular weight is 555 g/mol. The molecule has 0 atom stereocenters. The Morgan fingerprint density at radius 2 is 1.49 bits per heavy atom. The number of halogens is 2. The van der Waals surface area contributed by atoms with E-state index in [1.54, 1.807) is 66.7 Å². The van der Waals surface area contributed by atoms with E-state index in [1.807, 2.05) is 0 Å². The van der Waals surface area contributed by atoms with Gasteiger partial charge in [0, 0.05) is 21.8 Å². The zero-order chi connectivity index (χ0) is 26.4. The zero-order valence-corrected chi connectivity index (χ0v) is 21.5. The standard InChI is InChI=1S/C27H20Cl2N2O5S/c28-19-11-13-24(22(15-19)27(33)18-7-3-1-4-8-18)30-26(32)17-36-25-14-12-21(16-23(25)29)37(34,35)31-20-9-5-2-6-10-20/h1-16,31H,17H2,(H,30,32). The number of carbonyl (C=O) groups is 2. The molecule has 0 fully saturated rings. The van der Waals surface area contributed by atoms with Crippen LogP contribution in [0.3, 0.4) is 0 Å². The minimum Gasteiger partial charge on any atom is -0.482 e. The van der Waals surface area contributed by atoms with E-state index in [0.717, 1.165) is 0 Å². The van der Waals surface area contributed by atoms with Gasteiger partial charge in [0.2, 0.25) is 0 Å². The Morgan fingerprint density at radius 1 is 0.811 bits per heavy atom. The number of benzene rings is 4. The van der Waals surface area contributed by atoms with Crippen LogP contribution in [0.1, 0.15) is 15.9 Å². The first-order valence-corrected chi connectivity index (χ1v) is 13.2. The van der Waals surface area contributed by atoms with Gasteiger partial charge in [-0.3, -0.25) is 14.3 Å². The number of para-hydroxylation sites is 1. The highest BCUT2D eigenvalue weighted by atomic mass is 35.5. The Balaban J connectivity index is 1.43. The second kappa shape index (κ2) is 11.5. The van der Waals surface area contributed by atoms with Crippen molar-refractivity contribution < 1.29 is 22.7 Å². The molecule has 0 aromatic heterocycles. The van der Waals surface area contributed by atoms with Crippen LogP contribution in [0.25, 0.3) is 0 Å². The lowest BCUT2D eigenvalue weighted by Crippen LogP contribution is -2.22. The molecule has 0 aliphatic carbocycles. The van der Waals surface area contributed by atoms with Crippen molar-refractivity contribution in [1.82, 2.24) is 0 Å². The van der Waals surface area contributed by atoms with Gasteiger partial charge in [-0.25, -0.2) is 8.42 Å². The zero-order valence-electron chi connectivity index (χ0n) is 19.2. The van der Waals surface area contributed by atoms with Gasteiger partial charge in [0.05, 0.1) is 15.6 Å². The Labute approximate surface area is 224 Å². The fraction of sp³-hybridized carbons (Fsp3) is 0.0370. The number of nitrogens with one attached hydrogen (secondary N) is 2. The molecule has 0 saturated heterocycles. The van der Waals surface area contributed by atoms with Gasteiger partial charge in [0.1, 0.15) is 5.75 Å². The van der Waals surface area contributed by atoms with Crippen LogP contribution < -0.4 is 14.8 Å². The second-order valence-electron chi connectivity index (χ2n) is 7.79. The third kappa shape index (κ3) is 6.68. The smallest absolute Gasteiger partial charge is 0.262 e. The Morgan fingerprint density at radius 3 is 2.16 bits per heavy atom. The fourth-order valence-electron chi connectivity index (χ4n) is 3.37. The molecule has 4 rings (SSSR count). The first kappa shape index (κ1) is 26.2. The molecule has 37 heavy (non-hydrogen) atoms. The molecule has 0 radical (unpaired) electrons. The van der Waals surface area contributed by atoms with Crippen LogP contribution in [0, 0.1) is 0 Å². The molecule has 0 unspecified atom stereocenters. The summed E-state index contributed by atoms with van der Waals surface area (Å²) in [4.78, 5) is 25.5. The summed E-state index contributed by atoms with van der Waals surface area (Å²) in [6, 6.07) is 25.5. The molecule has 10 heteroatoms. The third-order valence-corrected chi connectivity index (χ3v) is 7.04. The molecule has 0 bridgehead atoms. The van der Waals surface area contributed by atoms with Crippen molar-refractivity contribution in [3.8, 4) is 5.75 Å². The summed E-state index contributed by atoms with van der Waals surface area (Å²) in [6.45, 7) is -0.435. The number of hydrogen-bond acceptors (Lipinski definition) is 5. The van der Waals surface area contributed by atoms with E-state index in [1.165, 1.54) is 30.3 Å². The van der Waals surface area contributed by atoms with Crippen LogP contribution in [0.5, 0.6) is 5.75 Å². The van der Waals surface area contributed by atoms with E-state index in [2.05, 4.69) is 10.0 Å². The van der Waals surface area contributed by atoms with E-state index < -0.39 is 22.5 Å². The van der Waals surface area contributed by atoms with Crippen LogP contribution in [0.15, 0.2) is 102 Å². The summed E-state index contributed by atoms with van der Waals surface area (Å²) in [6.07, 6.45) is 0. The molecule has 2 N–H and O–H groups in total.